The Morgan fingerprint density at radius 2 is 2.07 bits per heavy atom. The lowest BCUT2D eigenvalue weighted by molar-refractivity contribution is -0.0119. The Balaban J connectivity index is 1.55. The minimum absolute atomic E-state index is 0.0389. The van der Waals surface area contributed by atoms with Crippen LogP contribution in [0.15, 0.2) is 35.5 Å². The average molecular weight is 425 g/mol. The van der Waals surface area contributed by atoms with Crippen LogP contribution in [0.3, 0.4) is 0 Å². The van der Waals surface area contributed by atoms with E-state index in [9.17, 15) is 4.79 Å². The molecule has 3 unspecified atom stereocenters. The molecule has 142 valence electrons. The highest BCUT2D eigenvalue weighted by atomic mass is 35.5. The van der Waals surface area contributed by atoms with Gasteiger partial charge in [0.1, 0.15) is 11.9 Å². The van der Waals surface area contributed by atoms with Crippen molar-refractivity contribution in [3.8, 4) is 5.75 Å². The number of nitrogens with zero attached hydrogens (tertiary/aromatic N) is 1. The highest BCUT2D eigenvalue weighted by Gasteiger charge is 2.42. The first-order valence-corrected chi connectivity index (χ1v) is 10.6. The molecule has 1 saturated heterocycles. The molecule has 1 aliphatic carbocycles. The van der Waals surface area contributed by atoms with E-state index in [1.807, 2.05) is 12.3 Å². The van der Waals surface area contributed by atoms with E-state index in [1.54, 1.807) is 23.9 Å². The van der Waals surface area contributed by atoms with Gasteiger partial charge < -0.3 is 14.8 Å². The molecule has 0 spiro atoms. The maximum absolute atomic E-state index is 12.7. The van der Waals surface area contributed by atoms with E-state index in [1.165, 1.54) is 12.4 Å². The van der Waals surface area contributed by atoms with Crippen molar-refractivity contribution < 1.29 is 14.3 Å². The van der Waals surface area contributed by atoms with Crippen LogP contribution in [0.5, 0.6) is 5.75 Å². The number of anilines is 1. The van der Waals surface area contributed by atoms with Crippen LogP contribution < -0.4 is 10.1 Å². The number of fused-ring (bicyclic) bond motifs is 2. The molecule has 1 aromatic carbocycles. The summed E-state index contributed by atoms with van der Waals surface area (Å²) in [5.74, 6) is 0.968. The molecule has 1 amide bonds. The van der Waals surface area contributed by atoms with Gasteiger partial charge in [-0.05, 0) is 43.2 Å². The van der Waals surface area contributed by atoms with Crippen molar-refractivity contribution in [2.24, 2.45) is 5.92 Å². The molecule has 2 aliphatic rings. The van der Waals surface area contributed by atoms with E-state index in [2.05, 4.69) is 10.3 Å². The number of aromatic nitrogens is 1. The Kier molecular flexibility index (Phi) is 5.50. The summed E-state index contributed by atoms with van der Waals surface area (Å²) in [6.45, 7) is 0.829. The summed E-state index contributed by atoms with van der Waals surface area (Å²) in [5, 5.41) is 3.32. The summed E-state index contributed by atoms with van der Waals surface area (Å²) in [6, 6.07) is 5.41. The second kappa shape index (κ2) is 7.87. The summed E-state index contributed by atoms with van der Waals surface area (Å²) in [4.78, 5) is 17.6. The molecule has 1 N–H and O–H groups in total. The topological polar surface area (TPSA) is 60.5 Å². The fourth-order valence-corrected chi connectivity index (χ4v) is 4.51. The molecule has 5 nitrogen and oxygen atoms in total. The Morgan fingerprint density at radius 1 is 1.30 bits per heavy atom. The summed E-state index contributed by atoms with van der Waals surface area (Å²) in [5.41, 5.74) is 0.812. The first-order valence-electron chi connectivity index (χ1n) is 8.62. The molecule has 2 bridgehead atoms. The third kappa shape index (κ3) is 3.90. The molecule has 1 aliphatic heterocycles. The van der Waals surface area contributed by atoms with Crippen LogP contribution in [0.4, 0.5) is 5.69 Å². The number of thioether (sulfide) groups is 1. The van der Waals surface area contributed by atoms with E-state index in [4.69, 9.17) is 32.7 Å². The third-order valence-electron chi connectivity index (χ3n) is 4.89. The quantitative estimate of drug-likeness (QED) is 0.690. The van der Waals surface area contributed by atoms with Crippen molar-refractivity contribution in [3.05, 3.63) is 46.2 Å². The summed E-state index contributed by atoms with van der Waals surface area (Å²) >= 11 is 13.8. The van der Waals surface area contributed by atoms with Gasteiger partial charge in [-0.15, -0.1) is 11.8 Å². The van der Waals surface area contributed by atoms with Crippen LogP contribution in [0, 0.1) is 5.92 Å². The van der Waals surface area contributed by atoms with Crippen LogP contribution in [0.2, 0.25) is 10.0 Å². The van der Waals surface area contributed by atoms with Gasteiger partial charge in [0.05, 0.1) is 28.4 Å². The molecule has 1 saturated carbocycles. The summed E-state index contributed by atoms with van der Waals surface area (Å²) in [7, 11) is 0. The van der Waals surface area contributed by atoms with Gasteiger partial charge in [-0.2, -0.15) is 0 Å². The maximum Gasteiger partial charge on any atom is 0.255 e. The molecule has 2 heterocycles. The van der Waals surface area contributed by atoms with E-state index >= 15 is 0 Å². The van der Waals surface area contributed by atoms with E-state index in [0.717, 1.165) is 24.3 Å². The normalized spacial score (nSPS) is 23.4. The second-order valence-corrected chi connectivity index (χ2v) is 8.33. The SMILES string of the molecule is CSc1ccc(C(=O)Nc2c(Cl)cncc2Cl)cc1OC1CC2COC1C2. The van der Waals surface area contributed by atoms with Crippen LogP contribution in [0.25, 0.3) is 0 Å². The van der Waals surface area contributed by atoms with Crippen LogP contribution >= 0.6 is 35.0 Å². The highest BCUT2D eigenvalue weighted by Crippen LogP contribution is 2.39. The van der Waals surface area contributed by atoms with Crippen LogP contribution in [-0.4, -0.2) is 36.0 Å². The standard InChI is InChI=1S/C19H18Cl2N2O3S/c1-27-17-3-2-11(19(24)23-18-12(20)7-22-8-13(18)21)6-16(17)26-15-5-10-4-14(15)25-9-10/h2-3,6-8,10,14-15H,4-5,9H2,1H3,(H,22,23,24). The minimum atomic E-state index is -0.313. The Morgan fingerprint density at radius 3 is 2.70 bits per heavy atom. The van der Waals surface area contributed by atoms with Gasteiger partial charge in [-0.1, -0.05) is 23.2 Å². The van der Waals surface area contributed by atoms with E-state index in [0.29, 0.717) is 22.9 Å². The maximum atomic E-state index is 12.7. The predicted octanol–water partition coefficient (Wildman–Crippen LogP) is 4.92. The number of carbonyl (C=O) groups excluding carboxylic acids is 1. The van der Waals surface area contributed by atoms with Crippen molar-refractivity contribution in [1.29, 1.82) is 0 Å². The zero-order valence-electron chi connectivity index (χ0n) is 14.6. The molecule has 8 heteroatoms. The first-order chi connectivity index (χ1) is 13.0. The van der Waals surface area contributed by atoms with Crippen molar-refractivity contribution >= 4 is 46.6 Å². The smallest absolute Gasteiger partial charge is 0.255 e. The average Bonchev–Trinajstić information content (AvgIpc) is 3.28. The van der Waals surface area contributed by atoms with Gasteiger partial charge in [-0.25, -0.2) is 0 Å². The van der Waals surface area contributed by atoms with Gasteiger partial charge in [0.2, 0.25) is 0 Å². The van der Waals surface area contributed by atoms with Crippen LogP contribution in [-0.2, 0) is 4.74 Å². The summed E-state index contributed by atoms with van der Waals surface area (Å²) in [6.07, 6.45) is 7.09. The molecule has 0 radical (unpaired) electrons. The lowest BCUT2D eigenvalue weighted by atomic mass is 10.1. The number of nitrogens with one attached hydrogen (secondary N) is 1. The minimum Gasteiger partial charge on any atom is -0.487 e. The number of halogens is 2. The molecular weight excluding hydrogens is 407 g/mol. The number of benzene rings is 1. The molecule has 4 rings (SSSR count). The number of hydrogen-bond acceptors (Lipinski definition) is 5. The number of carbonyl (C=O) groups is 1. The zero-order valence-corrected chi connectivity index (χ0v) is 16.9. The lowest BCUT2D eigenvalue weighted by Gasteiger charge is -2.24. The van der Waals surface area contributed by atoms with Gasteiger partial charge >= 0.3 is 0 Å². The monoisotopic (exact) mass is 424 g/mol. The highest BCUT2D eigenvalue weighted by molar-refractivity contribution is 7.98. The molecule has 1 aromatic heterocycles. The Bertz CT molecular complexity index is 860. The lowest BCUT2D eigenvalue weighted by Crippen LogP contribution is -2.30. The number of amides is 1. The van der Waals surface area contributed by atoms with Gasteiger partial charge in [0.25, 0.3) is 5.91 Å². The van der Waals surface area contributed by atoms with Crippen molar-refractivity contribution in [3.63, 3.8) is 0 Å². The van der Waals surface area contributed by atoms with E-state index in [-0.39, 0.29) is 28.2 Å². The fraction of sp³-hybridized carbons (Fsp3) is 0.368. The largest absolute Gasteiger partial charge is 0.487 e. The molecule has 3 atom stereocenters. The molecule has 2 fully saturated rings. The first kappa shape index (κ1) is 18.9. The number of rotatable bonds is 5. The number of hydrogen-bond donors (Lipinski definition) is 1. The van der Waals surface area contributed by atoms with Crippen molar-refractivity contribution in [2.45, 2.75) is 29.9 Å². The molecule has 27 heavy (non-hydrogen) atoms. The predicted molar refractivity (Wildman–Crippen MR) is 107 cm³/mol. The molecular formula is C19H18Cl2N2O3S. The second-order valence-electron chi connectivity index (χ2n) is 6.66. The fourth-order valence-electron chi connectivity index (χ4n) is 3.54. The van der Waals surface area contributed by atoms with Crippen LogP contribution in [0.1, 0.15) is 23.2 Å². The number of ether oxygens (including phenoxy) is 2. The zero-order chi connectivity index (χ0) is 19.0. The third-order valence-corrected chi connectivity index (χ3v) is 6.24. The van der Waals surface area contributed by atoms with Crippen molar-refractivity contribution in [1.82, 2.24) is 4.98 Å². The van der Waals surface area contributed by atoms with Gasteiger partial charge in [0.15, 0.2) is 0 Å². The Labute approximate surface area is 171 Å². The number of pyridine rings is 1. The van der Waals surface area contributed by atoms with Crippen molar-refractivity contribution in [2.75, 3.05) is 18.2 Å². The van der Waals surface area contributed by atoms with Gasteiger partial charge in [-0.3, -0.25) is 9.78 Å². The van der Waals surface area contributed by atoms with E-state index < -0.39 is 0 Å². The molecule has 2 aromatic rings. The Hall–Kier alpha value is -1.47. The van der Waals surface area contributed by atoms with Gasteiger partial charge in [0, 0.05) is 22.9 Å². The summed E-state index contributed by atoms with van der Waals surface area (Å²) < 4.78 is 12.0.